The first-order valence-corrected chi connectivity index (χ1v) is 6.00. The number of piperazine rings is 1. The fourth-order valence-corrected chi connectivity index (χ4v) is 2.15. The van der Waals surface area contributed by atoms with E-state index in [1.807, 2.05) is 18.7 Å². The minimum atomic E-state index is -0.305. The highest BCUT2D eigenvalue weighted by Gasteiger charge is 2.33. The van der Waals surface area contributed by atoms with E-state index in [-0.39, 0.29) is 36.5 Å². The Hall–Kier alpha value is -1.14. The van der Waals surface area contributed by atoms with Crippen LogP contribution in [0.25, 0.3) is 0 Å². The highest BCUT2D eigenvalue weighted by Crippen LogP contribution is 2.13. The monoisotopic (exact) mass is 241 g/mol. The number of hydrogen-bond acceptors (Lipinski definition) is 4. The van der Waals surface area contributed by atoms with E-state index >= 15 is 0 Å². The molecule has 0 bridgehead atoms. The summed E-state index contributed by atoms with van der Waals surface area (Å²) in [4.78, 5) is 25.1. The minimum Gasteiger partial charge on any atom is -0.375 e. The van der Waals surface area contributed by atoms with Crippen molar-refractivity contribution in [3.8, 4) is 0 Å². The molecule has 6 heteroatoms. The molecule has 2 amide bonds. The Balaban J connectivity index is 1.96. The van der Waals surface area contributed by atoms with E-state index < -0.39 is 0 Å². The van der Waals surface area contributed by atoms with Gasteiger partial charge in [-0.2, -0.15) is 0 Å². The van der Waals surface area contributed by atoms with Crippen LogP contribution in [0.3, 0.4) is 0 Å². The molecule has 2 saturated heterocycles. The number of carbonyl (C=O) groups excluding carboxylic acids is 2. The van der Waals surface area contributed by atoms with Gasteiger partial charge >= 0.3 is 0 Å². The Labute approximate surface area is 101 Å². The molecule has 2 N–H and O–H groups in total. The molecule has 2 aliphatic rings. The van der Waals surface area contributed by atoms with Gasteiger partial charge in [-0.05, 0) is 13.8 Å². The van der Waals surface area contributed by atoms with Gasteiger partial charge in [0, 0.05) is 13.1 Å². The molecule has 0 aromatic carbocycles. The largest absolute Gasteiger partial charge is 0.375 e. The number of carbonyl (C=O) groups is 2. The van der Waals surface area contributed by atoms with E-state index in [0.717, 1.165) is 0 Å². The summed E-state index contributed by atoms with van der Waals surface area (Å²) >= 11 is 0. The van der Waals surface area contributed by atoms with E-state index in [1.54, 1.807) is 0 Å². The SMILES string of the molecule is CC1CN(C(=O)C2CNC(=O)CN2)C(C)CO1. The first-order chi connectivity index (χ1) is 8.08. The molecule has 6 nitrogen and oxygen atoms in total. The van der Waals surface area contributed by atoms with Crippen molar-refractivity contribution in [3.05, 3.63) is 0 Å². The molecular formula is C11H19N3O3. The van der Waals surface area contributed by atoms with Crippen LogP contribution in [0, 0.1) is 0 Å². The molecule has 17 heavy (non-hydrogen) atoms. The number of morpholine rings is 1. The molecule has 2 fully saturated rings. The molecule has 0 radical (unpaired) electrons. The van der Waals surface area contributed by atoms with Crippen LogP contribution < -0.4 is 10.6 Å². The minimum absolute atomic E-state index is 0.0488. The fraction of sp³-hybridized carbons (Fsp3) is 0.818. The van der Waals surface area contributed by atoms with Crippen molar-refractivity contribution < 1.29 is 14.3 Å². The lowest BCUT2D eigenvalue weighted by Crippen LogP contribution is -2.62. The maximum Gasteiger partial charge on any atom is 0.241 e. The van der Waals surface area contributed by atoms with E-state index in [9.17, 15) is 9.59 Å². The Kier molecular flexibility index (Phi) is 3.63. The van der Waals surface area contributed by atoms with Crippen LogP contribution in [-0.2, 0) is 14.3 Å². The lowest BCUT2D eigenvalue weighted by molar-refractivity contribution is -0.146. The summed E-state index contributed by atoms with van der Waals surface area (Å²) < 4.78 is 5.49. The van der Waals surface area contributed by atoms with Gasteiger partial charge in [0.25, 0.3) is 0 Å². The molecule has 0 aromatic heterocycles. The Morgan fingerprint density at radius 3 is 2.88 bits per heavy atom. The first-order valence-electron chi connectivity index (χ1n) is 6.00. The second kappa shape index (κ2) is 5.01. The number of nitrogens with one attached hydrogen (secondary N) is 2. The Bertz CT molecular complexity index is 311. The zero-order chi connectivity index (χ0) is 12.4. The van der Waals surface area contributed by atoms with Crippen LogP contribution in [0.1, 0.15) is 13.8 Å². The third-order valence-electron chi connectivity index (χ3n) is 3.20. The van der Waals surface area contributed by atoms with Gasteiger partial charge in [0.1, 0.15) is 6.04 Å². The topological polar surface area (TPSA) is 70.7 Å². The molecule has 3 atom stereocenters. The predicted molar refractivity (Wildman–Crippen MR) is 61.4 cm³/mol. The smallest absolute Gasteiger partial charge is 0.241 e. The average Bonchev–Trinajstić information content (AvgIpc) is 2.32. The molecule has 2 aliphatic heterocycles. The van der Waals surface area contributed by atoms with Crippen LogP contribution in [0.2, 0.25) is 0 Å². The molecule has 0 spiro atoms. The number of ether oxygens (including phenoxy) is 1. The van der Waals surface area contributed by atoms with Gasteiger partial charge in [-0.25, -0.2) is 0 Å². The summed E-state index contributed by atoms with van der Waals surface area (Å²) in [5.74, 6) is -0.00917. The van der Waals surface area contributed by atoms with Gasteiger partial charge in [0.15, 0.2) is 0 Å². The third-order valence-corrected chi connectivity index (χ3v) is 3.20. The maximum atomic E-state index is 12.3. The molecule has 0 saturated carbocycles. The van der Waals surface area contributed by atoms with Gasteiger partial charge in [-0.3, -0.25) is 14.9 Å². The first kappa shape index (κ1) is 12.3. The van der Waals surface area contributed by atoms with Gasteiger partial charge in [-0.1, -0.05) is 0 Å². The second-order valence-electron chi connectivity index (χ2n) is 4.72. The van der Waals surface area contributed by atoms with Crippen LogP contribution in [0.15, 0.2) is 0 Å². The van der Waals surface area contributed by atoms with Gasteiger partial charge in [-0.15, -0.1) is 0 Å². The van der Waals surface area contributed by atoms with Gasteiger partial charge < -0.3 is 15.0 Å². The van der Waals surface area contributed by atoms with E-state index in [2.05, 4.69) is 10.6 Å². The maximum absolute atomic E-state index is 12.3. The quantitative estimate of drug-likeness (QED) is 0.599. The van der Waals surface area contributed by atoms with Crippen molar-refractivity contribution in [2.75, 3.05) is 26.2 Å². The van der Waals surface area contributed by atoms with Crippen LogP contribution in [0.4, 0.5) is 0 Å². The summed E-state index contributed by atoms with van der Waals surface area (Å²) in [5, 5.41) is 5.66. The second-order valence-corrected chi connectivity index (χ2v) is 4.72. The number of amides is 2. The standard InChI is InChI=1S/C11H19N3O3/c1-7-6-17-8(2)5-14(7)11(16)9-3-13-10(15)4-12-9/h7-9,12H,3-6H2,1-2H3,(H,13,15). The third kappa shape index (κ3) is 2.76. The van der Waals surface area contributed by atoms with Crippen molar-refractivity contribution >= 4 is 11.8 Å². The average molecular weight is 241 g/mol. The van der Waals surface area contributed by atoms with Crippen molar-refractivity contribution in [3.63, 3.8) is 0 Å². The number of rotatable bonds is 1. The predicted octanol–water partition coefficient (Wildman–Crippen LogP) is -1.29. The summed E-state index contributed by atoms with van der Waals surface area (Å²) in [6.45, 7) is 5.71. The molecule has 2 rings (SSSR count). The normalized spacial score (nSPS) is 34.4. The van der Waals surface area contributed by atoms with E-state index in [4.69, 9.17) is 4.74 Å². The summed E-state index contributed by atoms with van der Waals surface area (Å²) in [6.07, 6.45) is 0.0772. The number of hydrogen-bond donors (Lipinski definition) is 2. The van der Waals surface area contributed by atoms with Crippen LogP contribution in [0.5, 0.6) is 0 Å². The highest BCUT2D eigenvalue weighted by atomic mass is 16.5. The molecule has 0 aliphatic carbocycles. The fourth-order valence-electron chi connectivity index (χ4n) is 2.15. The molecule has 2 heterocycles. The van der Waals surface area contributed by atoms with Crippen molar-refractivity contribution in [1.29, 1.82) is 0 Å². The van der Waals surface area contributed by atoms with E-state index in [0.29, 0.717) is 19.7 Å². The van der Waals surface area contributed by atoms with Crippen molar-refractivity contribution in [2.24, 2.45) is 0 Å². The summed E-state index contributed by atoms with van der Waals surface area (Å²) in [5.41, 5.74) is 0. The molecule has 96 valence electrons. The summed E-state index contributed by atoms with van der Waals surface area (Å²) in [6, 6.07) is -0.210. The highest BCUT2D eigenvalue weighted by molar-refractivity contribution is 5.87. The van der Waals surface area contributed by atoms with Crippen molar-refractivity contribution in [1.82, 2.24) is 15.5 Å². The molecule has 3 unspecified atom stereocenters. The zero-order valence-corrected chi connectivity index (χ0v) is 10.2. The lowest BCUT2D eigenvalue weighted by Gasteiger charge is -2.39. The Morgan fingerprint density at radius 2 is 2.24 bits per heavy atom. The van der Waals surface area contributed by atoms with Crippen molar-refractivity contribution in [2.45, 2.75) is 32.0 Å². The van der Waals surface area contributed by atoms with Gasteiger partial charge in [0.05, 0.1) is 25.3 Å². The zero-order valence-electron chi connectivity index (χ0n) is 10.2. The summed E-state index contributed by atoms with van der Waals surface area (Å²) in [7, 11) is 0. The van der Waals surface area contributed by atoms with E-state index in [1.165, 1.54) is 0 Å². The van der Waals surface area contributed by atoms with Crippen LogP contribution >= 0.6 is 0 Å². The lowest BCUT2D eigenvalue weighted by atomic mass is 10.1. The Morgan fingerprint density at radius 1 is 1.47 bits per heavy atom. The molecule has 0 aromatic rings. The van der Waals surface area contributed by atoms with Crippen LogP contribution in [-0.4, -0.2) is 61.1 Å². The number of nitrogens with zero attached hydrogens (tertiary/aromatic N) is 1. The van der Waals surface area contributed by atoms with Gasteiger partial charge in [0.2, 0.25) is 11.8 Å². The molecular weight excluding hydrogens is 222 g/mol.